The summed E-state index contributed by atoms with van der Waals surface area (Å²) in [5.74, 6) is -0.796. The maximum absolute atomic E-state index is 14.2. The zero-order chi connectivity index (χ0) is 17.4. The van der Waals surface area contributed by atoms with Crippen molar-refractivity contribution in [3.63, 3.8) is 0 Å². The lowest BCUT2D eigenvalue weighted by molar-refractivity contribution is 0.0995. The highest BCUT2D eigenvalue weighted by Crippen LogP contribution is 2.30. The average molecular weight is 334 g/mol. The lowest BCUT2D eigenvalue weighted by Gasteiger charge is -2.01. The van der Waals surface area contributed by atoms with E-state index in [9.17, 15) is 9.18 Å². The molecule has 3 aromatic heterocycles. The fourth-order valence-electron chi connectivity index (χ4n) is 2.55. The SMILES string of the molecule is NC(=O)c1cc2c(cn1)c(-c1ccccc1F)nn2-c1ncccn1. The number of benzene rings is 1. The number of primary amides is 1. The first-order chi connectivity index (χ1) is 12.1. The fraction of sp³-hybridized carbons (Fsp3) is 0. The van der Waals surface area contributed by atoms with Crippen LogP contribution in [0.1, 0.15) is 10.5 Å². The molecule has 0 aliphatic heterocycles. The van der Waals surface area contributed by atoms with Gasteiger partial charge in [-0.15, -0.1) is 0 Å². The summed E-state index contributed by atoms with van der Waals surface area (Å²) in [5.41, 5.74) is 6.59. The number of hydrogen-bond donors (Lipinski definition) is 1. The predicted molar refractivity (Wildman–Crippen MR) is 88.4 cm³/mol. The molecule has 2 N–H and O–H groups in total. The monoisotopic (exact) mass is 334 g/mol. The molecule has 0 radical (unpaired) electrons. The van der Waals surface area contributed by atoms with Crippen LogP contribution in [0, 0.1) is 5.82 Å². The molecule has 1 aromatic carbocycles. The van der Waals surface area contributed by atoms with Crippen molar-refractivity contribution in [2.24, 2.45) is 5.73 Å². The molecule has 0 aliphatic carbocycles. The lowest BCUT2D eigenvalue weighted by atomic mass is 10.1. The first kappa shape index (κ1) is 14.9. The third-order valence-electron chi connectivity index (χ3n) is 3.69. The smallest absolute Gasteiger partial charge is 0.267 e. The first-order valence-electron chi connectivity index (χ1n) is 7.36. The van der Waals surface area contributed by atoms with Crippen molar-refractivity contribution in [2.75, 3.05) is 0 Å². The Morgan fingerprint density at radius 2 is 1.84 bits per heavy atom. The van der Waals surface area contributed by atoms with Crippen molar-refractivity contribution >= 4 is 16.8 Å². The fourth-order valence-corrected chi connectivity index (χ4v) is 2.55. The van der Waals surface area contributed by atoms with Gasteiger partial charge in [-0.3, -0.25) is 9.78 Å². The summed E-state index contributed by atoms with van der Waals surface area (Å²) < 4.78 is 15.7. The summed E-state index contributed by atoms with van der Waals surface area (Å²) in [7, 11) is 0. The van der Waals surface area contributed by atoms with Crippen LogP contribution in [0.4, 0.5) is 4.39 Å². The van der Waals surface area contributed by atoms with E-state index in [0.717, 1.165) is 0 Å². The molecule has 1 amide bonds. The standard InChI is InChI=1S/C17H11FN6O/c18-12-5-2-1-4-10(12)15-11-9-22-13(16(19)25)8-14(11)24(23-15)17-20-6-3-7-21-17/h1-9H,(H2,19,25). The minimum absolute atomic E-state index is 0.0738. The zero-order valence-electron chi connectivity index (χ0n) is 12.8. The number of carbonyl (C=O) groups excluding carboxylic acids is 1. The average Bonchev–Trinajstić information content (AvgIpc) is 3.01. The quantitative estimate of drug-likeness (QED) is 0.618. The maximum Gasteiger partial charge on any atom is 0.267 e. The molecule has 0 unspecified atom stereocenters. The summed E-state index contributed by atoms with van der Waals surface area (Å²) in [5, 5.41) is 5.01. The largest absolute Gasteiger partial charge is 0.364 e. The van der Waals surface area contributed by atoms with E-state index in [0.29, 0.717) is 22.2 Å². The van der Waals surface area contributed by atoms with E-state index >= 15 is 0 Å². The van der Waals surface area contributed by atoms with Gasteiger partial charge in [-0.1, -0.05) is 12.1 Å². The molecule has 122 valence electrons. The van der Waals surface area contributed by atoms with Gasteiger partial charge in [0.1, 0.15) is 17.2 Å². The topological polar surface area (TPSA) is 99.6 Å². The van der Waals surface area contributed by atoms with Crippen molar-refractivity contribution in [1.82, 2.24) is 24.7 Å². The molecule has 4 rings (SSSR count). The Bertz CT molecular complexity index is 1090. The molecular weight excluding hydrogens is 323 g/mol. The van der Waals surface area contributed by atoms with Crippen LogP contribution in [0.5, 0.6) is 0 Å². The van der Waals surface area contributed by atoms with Gasteiger partial charge in [0, 0.05) is 29.5 Å². The van der Waals surface area contributed by atoms with E-state index in [4.69, 9.17) is 5.73 Å². The number of rotatable bonds is 3. The Hall–Kier alpha value is -3.68. The van der Waals surface area contributed by atoms with Gasteiger partial charge >= 0.3 is 0 Å². The molecule has 0 spiro atoms. The second kappa shape index (κ2) is 5.75. The first-order valence-corrected chi connectivity index (χ1v) is 7.36. The van der Waals surface area contributed by atoms with Crippen molar-refractivity contribution in [3.8, 4) is 17.2 Å². The van der Waals surface area contributed by atoms with E-state index < -0.39 is 11.7 Å². The normalized spacial score (nSPS) is 10.9. The van der Waals surface area contributed by atoms with Crippen molar-refractivity contribution in [1.29, 1.82) is 0 Å². The summed E-state index contributed by atoms with van der Waals surface area (Å²) in [6.45, 7) is 0. The van der Waals surface area contributed by atoms with Gasteiger partial charge in [0.05, 0.1) is 5.52 Å². The Morgan fingerprint density at radius 3 is 2.56 bits per heavy atom. The van der Waals surface area contributed by atoms with Gasteiger partial charge in [-0.2, -0.15) is 9.78 Å². The molecule has 0 atom stereocenters. The molecule has 7 nitrogen and oxygen atoms in total. The maximum atomic E-state index is 14.2. The number of aromatic nitrogens is 5. The second-order valence-electron chi connectivity index (χ2n) is 5.24. The summed E-state index contributed by atoms with van der Waals surface area (Å²) >= 11 is 0. The van der Waals surface area contributed by atoms with Crippen LogP contribution in [0.15, 0.2) is 55.0 Å². The zero-order valence-corrected chi connectivity index (χ0v) is 12.8. The van der Waals surface area contributed by atoms with Gasteiger partial charge < -0.3 is 5.73 Å². The molecule has 3 heterocycles. The molecular formula is C17H11FN6O. The molecule has 4 aromatic rings. The van der Waals surface area contributed by atoms with Crippen molar-refractivity contribution in [2.45, 2.75) is 0 Å². The Labute approximate surface area is 141 Å². The van der Waals surface area contributed by atoms with Gasteiger partial charge in [0.25, 0.3) is 11.9 Å². The van der Waals surface area contributed by atoms with E-state index in [-0.39, 0.29) is 11.6 Å². The van der Waals surface area contributed by atoms with Crippen LogP contribution >= 0.6 is 0 Å². The van der Waals surface area contributed by atoms with E-state index in [2.05, 4.69) is 20.1 Å². The molecule has 8 heteroatoms. The van der Waals surface area contributed by atoms with Crippen LogP contribution in [-0.4, -0.2) is 30.6 Å². The van der Waals surface area contributed by atoms with Crippen LogP contribution < -0.4 is 5.73 Å². The van der Waals surface area contributed by atoms with E-state index in [1.54, 1.807) is 36.7 Å². The van der Waals surface area contributed by atoms with Crippen LogP contribution in [0.2, 0.25) is 0 Å². The van der Waals surface area contributed by atoms with Gasteiger partial charge in [-0.25, -0.2) is 14.4 Å². The van der Waals surface area contributed by atoms with Crippen molar-refractivity contribution in [3.05, 3.63) is 66.5 Å². The third kappa shape index (κ3) is 2.49. The second-order valence-corrected chi connectivity index (χ2v) is 5.24. The molecule has 0 fully saturated rings. The highest BCUT2D eigenvalue weighted by Gasteiger charge is 2.19. The minimum atomic E-state index is -0.670. The predicted octanol–water partition coefficient (Wildman–Crippen LogP) is 2.12. The summed E-state index contributed by atoms with van der Waals surface area (Å²) in [6, 6.07) is 9.45. The number of pyridine rings is 1. The lowest BCUT2D eigenvalue weighted by Crippen LogP contribution is -2.13. The minimum Gasteiger partial charge on any atom is -0.364 e. The van der Waals surface area contributed by atoms with Crippen molar-refractivity contribution < 1.29 is 9.18 Å². The number of nitrogens with zero attached hydrogens (tertiary/aromatic N) is 5. The number of nitrogens with two attached hydrogens (primary N) is 1. The molecule has 0 bridgehead atoms. The van der Waals surface area contributed by atoms with E-state index in [1.807, 2.05) is 0 Å². The third-order valence-corrected chi connectivity index (χ3v) is 3.69. The number of halogens is 1. The summed E-state index contributed by atoms with van der Waals surface area (Å²) in [4.78, 5) is 23.8. The van der Waals surface area contributed by atoms with Gasteiger partial charge in [0.15, 0.2) is 0 Å². The van der Waals surface area contributed by atoms with Crippen LogP contribution in [0.25, 0.3) is 28.1 Å². The highest BCUT2D eigenvalue weighted by molar-refractivity contribution is 5.98. The number of hydrogen-bond acceptors (Lipinski definition) is 5. The van der Waals surface area contributed by atoms with E-state index in [1.165, 1.54) is 23.0 Å². The van der Waals surface area contributed by atoms with Gasteiger partial charge in [0.2, 0.25) is 0 Å². The van der Waals surface area contributed by atoms with Crippen LogP contribution in [-0.2, 0) is 0 Å². The highest BCUT2D eigenvalue weighted by atomic mass is 19.1. The number of amides is 1. The van der Waals surface area contributed by atoms with Gasteiger partial charge in [-0.05, 0) is 24.3 Å². The summed E-state index contributed by atoms with van der Waals surface area (Å²) in [6.07, 6.45) is 4.58. The Kier molecular flexibility index (Phi) is 3.42. The molecule has 0 aliphatic rings. The Morgan fingerprint density at radius 1 is 1.08 bits per heavy atom. The number of carbonyl (C=O) groups is 1. The Balaban J connectivity index is 2.06. The van der Waals surface area contributed by atoms with Crippen LogP contribution in [0.3, 0.4) is 0 Å². The molecule has 25 heavy (non-hydrogen) atoms. The molecule has 0 saturated heterocycles. The number of fused-ring (bicyclic) bond motifs is 1. The molecule has 0 saturated carbocycles.